The number of hydrogen-bond acceptors (Lipinski definition) is 4. The zero-order chi connectivity index (χ0) is 21.0. The van der Waals surface area contributed by atoms with Crippen molar-refractivity contribution in [2.45, 2.75) is 38.5 Å². The lowest BCUT2D eigenvalue weighted by Crippen LogP contribution is -2.14. The molecule has 0 radical (unpaired) electrons. The maximum absolute atomic E-state index is 12.6. The zero-order valence-corrected chi connectivity index (χ0v) is 17.4. The summed E-state index contributed by atoms with van der Waals surface area (Å²) in [5.41, 5.74) is 3.67. The van der Waals surface area contributed by atoms with Gasteiger partial charge in [-0.05, 0) is 67.8 Å². The second kappa shape index (κ2) is 8.48. The number of nitrogens with one attached hydrogen (secondary N) is 3. The SMILES string of the molecule is CCCc1cc(NC(=O)c2ccc(NS(=O)(=O)c3ccc(C)c(C)c3)cc2)n[nH]1. The number of hydrogen-bond donors (Lipinski definition) is 3. The Hall–Kier alpha value is -3.13. The van der Waals surface area contributed by atoms with E-state index in [0.717, 1.165) is 29.7 Å². The van der Waals surface area contributed by atoms with Crippen molar-refractivity contribution < 1.29 is 13.2 Å². The van der Waals surface area contributed by atoms with E-state index in [1.165, 1.54) is 0 Å². The Labute approximate surface area is 170 Å². The summed E-state index contributed by atoms with van der Waals surface area (Å²) in [6.45, 7) is 5.86. The van der Waals surface area contributed by atoms with Crippen LogP contribution >= 0.6 is 0 Å². The van der Waals surface area contributed by atoms with Gasteiger partial charge in [0.1, 0.15) is 0 Å². The van der Waals surface area contributed by atoms with Gasteiger partial charge in [-0.15, -0.1) is 0 Å². The monoisotopic (exact) mass is 412 g/mol. The first-order valence-electron chi connectivity index (χ1n) is 9.34. The van der Waals surface area contributed by atoms with Crippen LogP contribution in [-0.2, 0) is 16.4 Å². The van der Waals surface area contributed by atoms with Gasteiger partial charge in [0.15, 0.2) is 5.82 Å². The molecule has 7 nitrogen and oxygen atoms in total. The van der Waals surface area contributed by atoms with Crippen molar-refractivity contribution in [3.63, 3.8) is 0 Å². The van der Waals surface area contributed by atoms with Gasteiger partial charge in [-0.25, -0.2) is 8.42 Å². The summed E-state index contributed by atoms with van der Waals surface area (Å²) in [5, 5.41) is 9.67. The molecule has 1 aromatic heterocycles. The lowest BCUT2D eigenvalue weighted by atomic mass is 10.1. The van der Waals surface area contributed by atoms with Crippen molar-refractivity contribution >= 4 is 27.4 Å². The number of aromatic amines is 1. The van der Waals surface area contributed by atoms with E-state index in [4.69, 9.17) is 0 Å². The Bertz CT molecular complexity index is 1120. The number of aryl methyl sites for hydroxylation is 3. The molecule has 0 bridgehead atoms. The number of rotatable bonds is 7. The molecule has 1 amide bonds. The summed E-state index contributed by atoms with van der Waals surface area (Å²) >= 11 is 0. The molecule has 0 aliphatic heterocycles. The van der Waals surface area contributed by atoms with Crippen LogP contribution in [0.15, 0.2) is 53.4 Å². The van der Waals surface area contributed by atoms with Crippen molar-refractivity contribution in [2.75, 3.05) is 10.0 Å². The topological polar surface area (TPSA) is 104 Å². The van der Waals surface area contributed by atoms with Crippen LogP contribution in [0.2, 0.25) is 0 Å². The molecule has 0 aliphatic carbocycles. The van der Waals surface area contributed by atoms with Gasteiger partial charge in [0.2, 0.25) is 0 Å². The first kappa shape index (κ1) is 20.6. The normalized spacial score (nSPS) is 11.3. The zero-order valence-electron chi connectivity index (χ0n) is 16.6. The predicted octanol–water partition coefficient (Wildman–Crippen LogP) is 4.03. The van der Waals surface area contributed by atoms with Gasteiger partial charge in [-0.2, -0.15) is 5.10 Å². The highest BCUT2D eigenvalue weighted by Crippen LogP contribution is 2.19. The summed E-state index contributed by atoms with van der Waals surface area (Å²) < 4.78 is 27.7. The van der Waals surface area contributed by atoms with Gasteiger partial charge in [-0.1, -0.05) is 19.4 Å². The number of carbonyl (C=O) groups is 1. The molecule has 29 heavy (non-hydrogen) atoms. The molecule has 0 saturated carbocycles. The first-order chi connectivity index (χ1) is 13.8. The van der Waals surface area contributed by atoms with Crippen LogP contribution in [0.3, 0.4) is 0 Å². The molecule has 152 valence electrons. The van der Waals surface area contributed by atoms with Crippen LogP contribution in [0, 0.1) is 13.8 Å². The second-order valence-electron chi connectivity index (χ2n) is 6.91. The van der Waals surface area contributed by atoms with Gasteiger partial charge in [0, 0.05) is 23.0 Å². The minimum atomic E-state index is -3.70. The van der Waals surface area contributed by atoms with E-state index in [2.05, 4.69) is 27.2 Å². The standard InChI is InChI=1S/C21H24N4O3S/c1-4-5-18-13-20(24-23-18)22-21(26)16-7-9-17(10-8-16)25-29(27,28)19-11-6-14(2)15(3)12-19/h6-13,25H,4-5H2,1-3H3,(H2,22,23,24,26). The Kier molecular flexibility index (Phi) is 6.03. The molecule has 0 saturated heterocycles. The summed E-state index contributed by atoms with van der Waals surface area (Å²) in [7, 11) is -3.70. The van der Waals surface area contributed by atoms with Gasteiger partial charge in [0.05, 0.1) is 4.90 Å². The van der Waals surface area contributed by atoms with Crippen molar-refractivity contribution in [3.05, 3.63) is 70.9 Å². The van der Waals surface area contributed by atoms with E-state index in [9.17, 15) is 13.2 Å². The van der Waals surface area contributed by atoms with Gasteiger partial charge in [-0.3, -0.25) is 14.6 Å². The largest absolute Gasteiger partial charge is 0.305 e. The molecular weight excluding hydrogens is 388 g/mol. The molecule has 0 unspecified atom stereocenters. The van der Waals surface area contributed by atoms with Crippen LogP contribution in [0.25, 0.3) is 0 Å². The molecule has 0 spiro atoms. The van der Waals surface area contributed by atoms with Crippen LogP contribution in [0.1, 0.15) is 40.5 Å². The maximum atomic E-state index is 12.6. The minimum absolute atomic E-state index is 0.198. The van der Waals surface area contributed by atoms with E-state index in [-0.39, 0.29) is 10.8 Å². The number of carbonyl (C=O) groups excluding carboxylic acids is 1. The molecule has 0 fully saturated rings. The van der Waals surface area contributed by atoms with Gasteiger partial charge >= 0.3 is 0 Å². The van der Waals surface area contributed by atoms with Gasteiger partial charge in [0.25, 0.3) is 15.9 Å². The number of amides is 1. The number of nitrogens with zero attached hydrogens (tertiary/aromatic N) is 1. The molecular formula is C21H24N4O3S. The van der Waals surface area contributed by atoms with Gasteiger partial charge < -0.3 is 5.32 Å². The average molecular weight is 413 g/mol. The highest BCUT2D eigenvalue weighted by Gasteiger charge is 2.15. The fraction of sp³-hybridized carbons (Fsp3) is 0.238. The molecule has 0 aliphatic rings. The van der Waals surface area contributed by atoms with Crippen LogP contribution < -0.4 is 10.0 Å². The van der Waals surface area contributed by atoms with Crippen LogP contribution in [0.5, 0.6) is 0 Å². The smallest absolute Gasteiger partial charge is 0.261 e. The third-order valence-corrected chi connectivity index (χ3v) is 5.96. The van der Waals surface area contributed by atoms with E-state index in [1.54, 1.807) is 48.5 Å². The highest BCUT2D eigenvalue weighted by molar-refractivity contribution is 7.92. The molecule has 3 aromatic rings. The number of sulfonamides is 1. The second-order valence-corrected chi connectivity index (χ2v) is 8.59. The average Bonchev–Trinajstić information content (AvgIpc) is 3.11. The highest BCUT2D eigenvalue weighted by atomic mass is 32.2. The predicted molar refractivity (Wildman–Crippen MR) is 114 cm³/mol. The molecule has 3 rings (SSSR count). The fourth-order valence-electron chi connectivity index (χ4n) is 2.80. The molecule has 1 heterocycles. The number of aromatic nitrogens is 2. The van der Waals surface area contributed by atoms with E-state index >= 15 is 0 Å². The van der Waals surface area contributed by atoms with Crippen molar-refractivity contribution in [3.8, 4) is 0 Å². The molecule has 0 atom stereocenters. The third kappa shape index (κ3) is 5.03. The minimum Gasteiger partial charge on any atom is -0.305 e. The summed E-state index contributed by atoms with van der Waals surface area (Å²) in [6.07, 6.45) is 1.84. The summed E-state index contributed by atoms with van der Waals surface area (Å²) in [4.78, 5) is 12.6. The number of benzene rings is 2. The van der Waals surface area contributed by atoms with Crippen LogP contribution in [-0.4, -0.2) is 24.5 Å². The lowest BCUT2D eigenvalue weighted by Gasteiger charge is -2.10. The Morgan fingerprint density at radius 2 is 1.76 bits per heavy atom. The Morgan fingerprint density at radius 3 is 2.41 bits per heavy atom. The number of H-pyrrole nitrogens is 1. The third-order valence-electron chi connectivity index (χ3n) is 4.58. The summed E-state index contributed by atoms with van der Waals surface area (Å²) in [5.74, 6) is 0.140. The van der Waals surface area contributed by atoms with Crippen molar-refractivity contribution in [2.24, 2.45) is 0 Å². The van der Waals surface area contributed by atoms with Crippen molar-refractivity contribution in [1.29, 1.82) is 0 Å². The maximum Gasteiger partial charge on any atom is 0.261 e. The summed E-state index contributed by atoms with van der Waals surface area (Å²) in [6, 6.07) is 13.0. The van der Waals surface area contributed by atoms with E-state index in [0.29, 0.717) is 17.1 Å². The number of anilines is 2. The quantitative estimate of drug-likeness (QED) is 0.545. The van der Waals surface area contributed by atoms with E-state index < -0.39 is 10.0 Å². The first-order valence-corrected chi connectivity index (χ1v) is 10.8. The molecule has 8 heteroatoms. The molecule has 3 N–H and O–H groups in total. The van der Waals surface area contributed by atoms with Crippen LogP contribution in [0.4, 0.5) is 11.5 Å². The Balaban J connectivity index is 1.68. The van der Waals surface area contributed by atoms with Crippen molar-refractivity contribution in [1.82, 2.24) is 10.2 Å². The molecule has 2 aromatic carbocycles. The fourth-order valence-corrected chi connectivity index (χ4v) is 3.94. The van der Waals surface area contributed by atoms with E-state index in [1.807, 2.05) is 13.8 Å². The Morgan fingerprint density at radius 1 is 1.03 bits per heavy atom. The lowest BCUT2D eigenvalue weighted by molar-refractivity contribution is 0.102.